The van der Waals surface area contributed by atoms with Gasteiger partial charge in [-0.1, -0.05) is 0 Å². The fraction of sp³-hybridized carbons (Fsp3) is 0.154. The van der Waals surface area contributed by atoms with Crippen LogP contribution in [-0.4, -0.2) is 12.1 Å². The van der Waals surface area contributed by atoms with Crippen LogP contribution in [0.2, 0.25) is 0 Å². The number of benzene rings is 1. The van der Waals surface area contributed by atoms with Crippen molar-refractivity contribution in [1.82, 2.24) is 4.98 Å². The minimum Gasteiger partial charge on any atom is -0.496 e. The Labute approximate surface area is 114 Å². The molecule has 0 saturated heterocycles. The Hall–Kier alpha value is -1.75. The van der Waals surface area contributed by atoms with Crippen LogP contribution in [0, 0.1) is 0 Å². The second-order valence-corrected chi connectivity index (χ2v) is 4.61. The lowest BCUT2D eigenvalue weighted by Crippen LogP contribution is -2.00. The molecular formula is C13H13BrN2O2. The molecule has 0 radical (unpaired) electrons. The van der Waals surface area contributed by atoms with Crippen LogP contribution >= 0.6 is 15.9 Å². The molecule has 0 fully saturated rings. The molecule has 0 amide bonds. The zero-order valence-electron chi connectivity index (χ0n) is 9.89. The molecule has 4 nitrogen and oxygen atoms in total. The Bertz CT molecular complexity index is 546. The number of hydrogen-bond acceptors (Lipinski definition) is 4. The van der Waals surface area contributed by atoms with E-state index in [1.807, 2.05) is 18.2 Å². The first-order valence-corrected chi connectivity index (χ1v) is 6.14. The van der Waals surface area contributed by atoms with Crippen molar-refractivity contribution in [1.29, 1.82) is 0 Å². The summed E-state index contributed by atoms with van der Waals surface area (Å²) in [4.78, 5) is 4.03. The Morgan fingerprint density at radius 1 is 1.28 bits per heavy atom. The summed E-state index contributed by atoms with van der Waals surface area (Å²) in [6.07, 6.45) is 3.36. The van der Waals surface area contributed by atoms with Gasteiger partial charge in [0.05, 0.1) is 13.3 Å². The fourth-order valence-corrected chi connectivity index (χ4v) is 1.89. The SMILES string of the molecule is COc1ccc(N)cc1COc1cncc(Br)c1. The van der Waals surface area contributed by atoms with Gasteiger partial charge in [0.2, 0.25) is 0 Å². The molecule has 0 unspecified atom stereocenters. The van der Waals surface area contributed by atoms with E-state index in [4.69, 9.17) is 15.2 Å². The molecule has 0 saturated carbocycles. The summed E-state index contributed by atoms with van der Waals surface area (Å²) in [7, 11) is 1.62. The lowest BCUT2D eigenvalue weighted by Gasteiger charge is -2.10. The molecule has 0 aliphatic heterocycles. The normalized spacial score (nSPS) is 10.1. The summed E-state index contributed by atoms with van der Waals surface area (Å²) in [6.45, 7) is 0.381. The third-order valence-electron chi connectivity index (χ3n) is 2.38. The van der Waals surface area contributed by atoms with Crippen LogP contribution in [0.4, 0.5) is 5.69 Å². The van der Waals surface area contributed by atoms with Crippen LogP contribution in [0.3, 0.4) is 0 Å². The van der Waals surface area contributed by atoms with E-state index in [-0.39, 0.29) is 0 Å². The molecule has 0 spiro atoms. The van der Waals surface area contributed by atoms with E-state index in [1.165, 1.54) is 0 Å². The summed E-state index contributed by atoms with van der Waals surface area (Å²) in [5.41, 5.74) is 7.33. The molecule has 5 heteroatoms. The van der Waals surface area contributed by atoms with E-state index < -0.39 is 0 Å². The smallest absolute Gasteiger partial charge is 0.139 e. The highest BCUT2D eigenvalue weighted by molar-refractivity contribution is 9.10. The van der Waals surface area contributed by atoms with E-state index in [0.717, 1.165) is 15.8 Å². The Morgan fingerprint density at radius 2 is 2.11 bits per heavy atom. The van der Waals surface area contributed by atoms with E-state index in [9.17, 15) is 0 Å². The van der Waals surface area contributed by atoms with Crippen molar-refractivity contribution in [2.24, 2.45) is 0 Å². The molecule has 94 valence electrons. The van der Waals surface area contributed by atoms with Gasteiger partial charge in [0.25, 0.3) is 0 Å². The molecule has 0 aliphatic rings. The molecule has 0 atom stereocenters. The van der Waals surface area contributed by atoms with E-state index in [1.54, 1.807) is 25.6 Å². The topological polar surface area (TPSA) is 57.4 Å². The summed E-state index contributed by atoms with van der Waals surface area (Å²) in [5, 5.41) is 0. The number of nitrogens with two attached hydrogens (primary N) is 1. The summed E-state index contributed by atoms with van der Waals surface area (Å²) in [6, 6.07) is 7.31. The molecule has 1 heterocycles. The number of nitrogen functional groups attached to an aromatic ring is 1. The van der Waals surface area contributed by atoms with Crippen LogP contribution in [0.5, 0.6) is 11.5 Å². The number of ether oxygens (including phenoxy) is 2. The number of halogens is 1. The molecule has 2 N–H and O–H groups in total. The Morgan fingerprint density at radius 3 is 2.83 bits per heavy atom. The highest BCUT2D eigenvalue weighted by Crippen LogP contribution is 2.23. The number of hydrogen-bond donors (Lipinski definition) is 1. The van der Waals surface area contributed by atoms with Crippen molar-refractivity contribution in [3.63, 3.8) is 0 Å². The number of aromatic nitrogens is 1. The van der Waals surface area contributed by atoms with Crippen molar-refractivity contribution in [2.75, 3.05) is 12.8 Å². The lowest BCUT2D eigenvalue weighted by atomic mass is 10.2. The standard InChI is InChI=1S/C13H13BrN2O2/c1-17-13-3-2-11(15)4-9(13)8-18-12-5-10(14)6-16-7-12/h2-7H,8,15H2,1H3. The second-order valence-electron chi connectivity index (χ2n) is 3.70. The predicted octanol–water partition coefficient (Wildman–Crippen LogP) is 3.01. The van der Waals surface area contributed by atoms with Crippen molar-refractivity contribution in [2.45, 2.75) is 6.61 Å². The summed E-state index contributed by atoms with van der Waals surface area (Å²) >= 11 is 3.34. The predicted molar refractivity (Wildman–Crippen MR) is 73.7 cm³/mol. The third-order valence-corrected chi connectivity index (χ3v) is 2.81. The fourth-order valence-electron chi connectivity index (χ4n) is 1.54. The van der Waals surface area contributed by atoms with Gasteiger partial charge in [-0.3, -0.25) is 4.98 Å². The maximum Gasteiger partial charge on any atom is 0.139 e. The van der Waals surface area contributed by atoms with Gasteiger partial charge < -0.3 is 15.2 Å². The van der Waals surface area contributed by atoms with Crippen LogP contribution < -0.4 is 15.2 Å². The van der Waals surface area contributed by atoms with Gasteiger partial charge in [0.1, 0.15) is 18.1 Å². The van der Waals surface area contributed by atoms with Crippen LogP contribution in [-0.2, 0) is 6.61 Å². The molecule has 18 heavy (non-hydrogen) atoms. The Kier molecular flexibility index (Phi) is 4.04. The highest BCUT2D eigenvalue weighted by atomic mass is 79.9. The van der Waals surface area contributed by atoms with Gasteiger partial charge in [0.15, 0.2) is 0 Å². The van der Waals surface area contributed by atoms with Crippen molar-refractivity contribution < 1.29 is 9.47 Å². The van der Waals surface area contributed by atoms with Crippen molar-refractivity contribution >= 4 is 21.6 Å². The van der Waals surface area contributed by atoms with E-state index >= 15 is 0 Å². The summed E-state index contributed by atoms with van der Waals surface area (Å²) < 4.78 is 11.8. The van der Waals surface area contributed by atoms with Crippen LogP contribution in [0.1, 0.15) is 5.56 Å². The minimum atomic E-state index is 0.381. The molecule has 0 aliphatic carbocycles. The minimum absolute atomic E-state index is 0.381. The first-order chi connectivity index (χ1) is 8.69. The zero-order valence-corrected chi connectivity index (χ0v) is 11.5. The van der Waals surface area contributed by atoms with Crippen LogP contribution in [0.25, 0.3) is 0 Å². The first kappa shape index (κ1) is 12.7. The monoisotopic (exact) mass is 308 g/mol. The lowest BCUT2D eigenvalue weighted by molar-refractivity contribution is 0.295. The average Bonchev–Trinajstić information content (AvgIpc) is 2.37. The Balaban J connectivity index is 2.12. The van der Waals surface area contributed by atoms with Gasteiger partial charge in [-0.25, -0.2) is 0 Å². The van der Waals surface area contributed by atoms with Gasteiger partial charge in [-0.15, -0.1) is 0 Å². The van der Waals surface area contributed by atoms with Crippen molar-refractivity contribution in [3.05, 3.63) is 46.7 Å². The van der Waals surface area contributed by atoms with Crippen LogP contribution in [0.15, 0.2) is 41.1 Å². The first-order valence-electron chi connectivity index (χ1n) is 5.35. The number of methoxy groups -OCH3 is 1. The van der Waals surface area contributed by atoms with E-state index in [2.05, 4.69) is 20.9 Å². The van der Waals surface area contributed by atoms with Crippen molar-refractivity contribution in [3.8, 4) is 11.5 Å². The number of nitrogens with zero attached hydrogens (tertiary/aromatic N) is 1. The molecule has 2 aromatic rings. The number of rotatable bonds is 4. The van der Waals surface area contributed by atoms with Gasteiger partial charge >= 0.3 is 0 Å². The molecule has 0 bridgehead atoms. The quantitative estimate of drug-likeness (QED) is 0.882. The highest BCUT2D eigenvalue weighted by Gasteiger charge is 2.05. The second kappa shape index (κ2) is 5.73. The number of pyridine rings is 1. The van der Waals surface area contributed by atoms with E-state index in [0.29, 0.717) is 18.0 Å². The molecule has 1 aromatic heterocycles. The largest absolute Gasteiger partial charge is 0.496 e. The van der Waals surface area contributed by atoms with Gasteiger partial charge in [0, 0.05) is 21.9 Å². The summed E-state index contributed by atoms with van der Waals surface area (Å²) in [5.74, 6) is 1.45. The van der Waals surface area contributed by atoms with Gasteiger partial charge in [-0.05, 0) is 40.2 Å². The maximum atomic E-state index is 5.74. The molecular weight excluding hydrogens is 296 g/mol. The molecule has 2 rings (SSSR count). The number of anilines is 1. The molecule has 1 aromatic carbocycles. The average molecular weight is 309 g/mol. The third kappa shape index (κ3) is 3.13. The van der Waals surface area contributed by atoms with Gasteiger partial charge in [-0.2, -0.15) is 0 Å². The maximum absolute atomic E-state index is 5.74. The zero-order chi connectivity index (χ0) is 13.0.